The molecule has 1 unspecified atom stereocenters. The third kappa shape index (κ3) is 6.14. The van der Waals surface area contributed by atoms with Gasteiger partial charge in [0.2, 0.25) is 0 Å². The molecule has 0 amide bonds. The number of rotatable bonds is 9. The molecular weight excluding hydrogens is 379 g/mol. The summed E-state index contributed by atoms with van der Waals surface area (Å²) in [6.07, 6.45) is -2.05. The Bertz CT molecular complexity index is 718. The number of anilines is 1. The van der Waals surface area contributed by atoms with Crippen molar-refractivity contribution in [3.05, 3.63) is 35.5 Å². The summed E-state index contributed by atoms with van der Waals surface area (Å²) in [6, 6.07) is 2.80. The van der Waals surface area contributed by atoms with Crippen LogP contribution in [0.25, 0.3) is 0 Å². The number of hydrogen-bond donors (Lipinski definition) is 2. The molecule has 29 heavy (non-hydrogen) atoms. The summed E-state index contributed by atoms with van der Waals surface area (Å²) >= 11 is 0. The van der Waals surface area contributed by atoms with Gasteiger partial charge in [0.05, 0.1) is 23.5 Å². The molecule has 1 fully saturated rings. The second-order valence-electron chi connectivity index (χ2n) is 9.03. The van der Waals surface area contributed by atoms with Crippen molar-refractivity contribution in [3.8, 4) is 5.75 Å². The Kier molecular flexibility index (Phi) is 7.31. The molecule has 0 heterocycles. The predicted octanol–water partition coefficient (Wildman–Crippen LogP) is 6.73. The van der Waals surface area contributed by atoms with Crippen LogP contribution in [-0.2, 0) is 6.18 Å². The van der Waals surface area contributed by atoms with E-state index < -0.39 is 17.3 Å². The summed E-state index contributed by atoms with van der Waals surface area (Å²) in [5, 5.41) is 12.9. The molecule has 1 atom stereocenters. The highest BCUT2D eigenvalue weighted by molar-refractivity contribution is 5.65. The maximum atomic E-state index is 13.9. The maximum absolute atomic E-state index is 13.9. The molecule has 0 saturated heterocycles. The standard InChI is InChI=1S/C23H34F3NO2/c1-7-15(4)19-10-18(29-9-8-14(2)3)11-20(23(24,25)26)21(19)27-16(5)17-12-22(6,28)13-17/h10-11,14-15,17,27-28H,5,7-9,12-13H2,1-4,6H3. The van der Waals surface area contributed by atoms with Gasteiger partial charge in [0.25, 0.3) is 0 Å². The fourth-order valence-electron chi connectivity index (χ4n) is 3.62. The van der Waals surface area contributed by atoms with Gasteiger partial charge in [-0.2, -0.15) is 13.2 Å². The molecule has 6 heteroatoms. The number of alkyl halides is 3. The molecule has 0 radical (unpaired) electrons. The Morgan fingerprint density at radius 1 is 1.31 bits per heavy atom. The van der Waals surface area contributed by atoms with Gasteiger partial charge in [-0.25, -0.2) is 0 Å². The summed E-state index contributed by atoms with van der Waals surface area (Å²) in [5.74, 6) is 0.536. The van der Waals surface area contributed by atoms with Crippen LogP contribution in [0.4, 0.5) is 18.9 Å². The number of hydrogen-bond acceptors (Lipinski definition) is 3. The van der Waals surface area contributed by atoms with E-state index >= 15 is 0 Å². The fourth-order valence-corrected chi connectivity index (χ4v) is 3.62. The van der Waals surface area contributed by atoms with Crippen LogP contribution in [-0.4, -0.2) is 17.3 Å². The third-order valence-electron chi connectivity index (χ3n) is 5.71. The number of ether oxygens (including phenoxy) is 1. The van der Waals surface area contributed by atoms with Gasteiger partial charge in [-0.15, -0.1) is 0 Å². The minimum atomic E-state index is -4.52. The normalized spacial score (nSPS) is 22.9. The SMILES string of the molecule is C=C(Nc1c(C(C)CC)cc(OCCC(C)C)cc1C(F)(F)F)C1CC(C)(O)C1. The van der Waals surface area contributed by atoms with Gasteiger partial charge >= 0.3 is 6.18 Å². The van der Waals surface area contributed by atoms with Gasteiger partial charge in [0.1, 0.15) is 5.75 Å². The lowest BCUT2D eigenvalue weighted by molar-refractivity contribution is -0.137. The number of allylic oxidation sites excluding steroid dienone is 1. The first-order valence-electron chi connectivity index (χ1n) is 10.4. The van der Waals surface area contributed by atoms with Crippen LogP contribution in [0.5, 0.6) is 5.75 Å². The lowest BCUT2D eigenvalue weighted by atomic mass is 9.71. The van der Waals surface area contributed by atoms with Crippen LogP contribution < -0.4 is 10.1 Å². The molecule has 0 bridgehead atoms. The molecule has 0 aromatic heterocycles. The smallest absolute Gasteiger partial charge is 0.418 e. The first-order valence-corrected chi connectivity index (χ1v) is 10.4. The molecule has 2 N–H and O–H groups in total. The molecule has 1 aromatic carbocycles. The van der Waals surface area contributed by atoms with Gasteiger partial charge in [-0.1, -0.05) is 34.3 Å². The monoisotopic (exact) mass is 413 g/mol. The van der Waals surface area contributed by atoms with Crippen LogP contribution in [0, 0.1) is 11.8 Å². The van der Waals surface area contributed by atoms with Gasteiger partial charge in [0, 0.05) is 11.6 Å². The van der Waals surface area contributed by atoms with Gasteiger partial charge in [0.15, 0.2) is 0 Å². The third-order valence-corrected chi connectivity index (χ3v) is 5.71. The zero-order valence-electron chi connectivity index (χ0n) is 18.1. The van der Waals surface area contributed by atoms with Crippen LogP contribution >= 0.6 is 0 Å². The Labute approximate surface area is 172 Å². The average molecular weight is 414 g/mol. The van der Waals surface area contributed by atoms with Crippen LogP contribution in [0.3, 0.4) is 0 Å². The molecule has 2 rings (SSSR count). The summed E-state index contributed by atoms with van der Waals surface area (Å²) in [4.78, 5) is 0. The van der Waals surface area contributed by atoms with Crippen molar-refractivity contribution in [3.63, 3.8) is 0 Å². The van der Waals surface area contributed by atoms with Crippen molar-refractivity contribution < 1.29 is 23.0 Å². The quantitative estimate of drug-likeness (QED) is 0.472. The van der Waals surface area contributed by atoms with Gasteiger partial charge in [-0.3, -0.25) is 0 Å². The van der Waals surface area contributed by atoms with Crippen LogP contribution in [0.15, 0.2) is 24.4 Å². The molecule has 3 nitrogen and oxygen atoms in total. The van der Waals surface area contributed by atoms with Crippen molar-refractivity contribution in [1.29, 1.82) is 0 Å². The maximum Gasteiger partial charge on any atom is 0.418 e. The van der Waals surface area contributed by atoms with E-state index in [1.54, 1.807) is 13.0 Å². The summed E-state index contributed by atoms with van der Waals surface area (Å²) in [6.45, 7) is 14.0. The van der Waals surface area contributed by atoms with E-state index in [1.807, 2.05) is 27.7 Å². The highest BCUT2D eigenvalue weighted by atomic mass is 19.4. The van der Waals surface area contributed by atoms with Crippen LogP contribution in [0.2, 0.25) is 0 Å². The second-order valence-corrected chi connectivity index (χ2v) is 9.03. The second kappa shape index (κ2) is 8.99. The Morgan fingerprint density at radius 3 is 2.41 bits per heavy atom. The molecule has 1 aliphatic rings. The lowest BCUT2D eigenvalue weighted by Crippen LogP contribution is -2.42. The molecule has 0 spiro atoms. The fraction of sp³-hybridized carbons (Fsp3) is 0.652. The zero-order valence-corrected chi connectivity index (χ0v) is 18.1. The topological polar surface area (TPSA) is 41.5 Å². The minimum Gasteiger partial charge on any atom is -0.494 e. The van der Waals surface area contributed by atoms with E-state index in [0.29, 0.717) is 43.0 Å². The van der Waals surface area contributed by atoms with E-state index in [-0.39, 0.29) is 23.3 Å². The molecule has 1 aromatic rings. The lowest BCUT2D eigenvalue weighted by Gasteiger charge is -2.42. The summed E-state index contributed by atoms with van der Waals surface area (Å²) < 4.78 is 47.5. The van der Waals surface area contributed by atoms with E-state index in [9.17, 15) is 18.3 Å². The minimum absolute atomic E-state index is 0.0437. The van der Waals surface area contributed by atoms with E-state index in [4.69, 9.17) is 4.74 Å². The van der Waals surface area contributed by atoms with Crippen molar-refractivity contribution >= 4 is 5.69 Å². The van der Waals surface area contributed by atoms with Gasteiger partial charge in [-0.05, 0) is 62.1 Å². The molecule has 1 aliphatic carbocycles. The van der Waals surface area contributed by atoms with E-state index in [0.717, 1.165) is 12.5 Å². The van der Waals surface area contributed by atoms with Crippen molar-refractivity contribution in [2.24, 2.45) is 11.8 Å². The number of benzene rings is 1. The van der Waals surface area contributed by atoms with E-state index in [1.165, 1.54) is 0 Å². The Hall–Kier alpha value is -1.69. The predicted molar refractivity (Wildman–Crippen MR) is 111 cm³/mol. The first kappa shape index (κ1) is 23.6. The number of aliphatic hydroxyl groups is 1. The average Bonchev–Trinajstić information content (AvgIpc) is 2.58. The number of nitrogens with one attached hydrogen (secondary N) is 1. The van der Waals surface area contributed by atoms with E-state index in [2.05, 4.69) is 11.9 Å². The molecule has 0 aliphatic heterocycles. The van der Waals surface area contributed by atoms with Gasteiger partial charge < -0.3 is 15.2 Å². The molecule has 164 valence electrons. The summed E-state index contributed by atoms with van der Waals surface area (Å²) in [7, 11) is 0. The highest BCUT2D eigenvalue weighted by Crippen LogP contribution is 2.46. The number of halogens is 3. The molecule has 1 saturated carbocycles. The zero-order chi connectivity index (χ0) is 22.0. The summed E-state index contributed by atoms with van der Waals surface area (Å²) in [5.41, 5.74) is -0.355. The Balaban J connectivity index is 2.39. The highest BCUT2D eigenvalue weighted by Gasteiger charge is 2.41. The van der Waals surface area contributed by atoms with Crippen LogP contribution in [0.1, 0.15) is 77.3 Å². The largest absolute Gasteiger partial charge is 0.494 e. The van der Waals surface area contributed by atoms with Crippen molar-refractivity contribution in [1.82, 2.24) is 0 Å². The Morgan fingerprint density at radius 2 is 1.93 bits per heavy atom. The first-order chi connectivity index (χ1) is 13.3. The van der Waals surface area contributed by atoms with Crippen molar-refractivity contribution in [2.45, 2.75) is 78.0 Å². The van der Waals surface area contributed by atoms with Crippen molar-refractivity contribution in [2.75, 3.05) is 11.9 Å². The molecular formula is C23H34F3NO2.